The molecule has 13 heavy (non-hydrogen) atoms. The number of halogens is 1. The normalized spacial score (nSPS) is 13.2. The number of hydrogen-bond acceptors (Lipinski definition) is 1. The SMILES string of the molecule is CCC(C)CNCCCCCCCl. The van der Waals surface area contributed by atoms with E-state index in [9.17, 15) is 0 Å². The largest absolute Gasteiger partial charge is 0.316 e. The lowest BCUT2D eigenvalue weighted by molar-refractivity contribution is 0.489. The Morgan fingerprint density at radius 1 is 1.15 bits per heavy atom. The molecule has 1 atom stereocenters. The highest BCUT2D eigenvalue weighted by atomic mass is 35.5. The van der Waals surface area contributed by atoms with Crippen LogP contribution in [0.5, 0.6) is 0 Å². The fourth-order valence-electron chi connectivity index (χ4n) is 1.19. The van der Waals surface area contributed by atoms with Gasteiger partial charge in [-0.05, 0) is 31.8 Å². The zero-order valence-corrected chi connectivity index (χ0v) is 9.87. The molecule has 1 nitrogen and oxygen atoms in total. The minimum Gasteiger partial charge on any atom is -0.316 e. The zero-order valence-electron chi connectivity index (χ0n) is 9.11. The van der Waals surface area contributed by atoms with Crippen molar-refractivity contribution in [2.45, 2.75) is 46.0 Å². The van der Waals surface area contributed by atoms with Gasteiger partial charge in [-0.1, -0.05) is 33.1 Å². The van der Waals surface area contributed by atoms with E-state index in [0.29, 0.717) is 0 Å². The van der Waals surface area contributed by atoms with Crippen molar-refractivity contribution in [3.05, 3.63) is 0 Å². The third-order valence-electron chi connectivity index (χ3n) is 2.43. The van der Waals surface area contributed by atoms with Crippen molar-refractivity contribution in [3.8, 4) is 0 Å². The molecule has 0 rings (SSSR count). The van der Waals surface area contributed by atoms with Crippen LogP contribution in [0.25, 0.3) is 0 Å². The molecule has 1 N–H and O–H groups in total. The topological polar surface area (TPSA) is 12.0 Å². The predicted molar refractivity (Wildman–Crippen MR) is 61.5 cm³/mol. The van der Waals surface area contributed by atoms with Crippen molar-refractivity contribution in [1.29, 1.82) is 0 Å². The average Bonchev–Trinajstić information content (AvgIpc) is 2.16. The van der Waals surface area contributed by atoms with Crippen molar-refractivity contribution < 1.29 is 0 Å². The van der Waals surface area contributed by atoms with Gasteiger partial charge in [0.1, 0.15) is 0 Å². The van der Waals surface area contributed by atoms with E-state index < -0.39 is 0 Å². The molecule has 0 aromatic rings. The quantitative estimate of drug-likeness (QED) is 0.449. The van der Waals surface area contributed by atoms with Crippen molar-refractivity contribution >= 4 is 11.6 Å². The van der Waals surface area contributed by atoms with E-state index in [1.807, 2.05) is 0 Å². The monoisotopic (exact) mass is 205 g/mol. The molecule has 0 heterocycles. The first-order chi connectivity index (χ1) is 6.31. The van der Waals surface area contributed by atoms with Crippen LogP contribution in [0, 0.1) is 5.92 Å². The number of unbranched alkanes of at least 4 members (excludes halogenated alkanes) is 3. The lowest BCUT2D eigenvalue weighted by atomic mass is 10.1. The maximum Gasteiger partial charge on any atom is 0.0223 e. The summed E-state index contributed by atoms with van der Waals surface area (Å²) in [5.41, 5.74) is 0. The number of rotatable bonds is 9. The number of nitrogens with one attached hydrogen (secondary N) is 1. The van der Waals surface area contributed by atoms with Gasteiger partial charge in [-0.3, -0.25) is 0 Å². The van der Waals surface area contributed by atoms with Gasteiger partial charge in [0.15, 0.2) is 0 Å². The van der Waals surface area contributed by atoms with Crippen molar-refractivity contribution in [1.82, 2.24) is 5.32 Å². The van der Waals surface area contributed by atoms with E-state index in [1.165, 1.54) is 45.2 Å². The summed E-state index contributed by atoms with van der Waals surface area (Å²) in [5.74, 6) is 1.64. The fourth-order valence-corrected chi connectivity index (χ4v) is 1.38. The molecule has 0 saturated carbocycles. The molecule has 0 saturated heterocycles. The third-order valence-corrected chi connectivity index (χ3v) is 2.69. The first-order valence-corrected chi connectivity index (χ1v) is 6.11. The molecule has 2 heteroatoms. The highest BCUT2D eigenvalue weighted by Crippen LogP contribution is 2.01. The summed E-state index contributed by atoms with van der Waals surface area (Å²) >= 11 is 5.59. The van der Waals surface area contributed by atoms with Gasteiger partial charge in [-0.25, -0.2) is 0 Å². The van der Waals surface area contributed by atoms with E-state index in [0.717, 1.165) is 11.8 Å². The Bertz CT molecular complexity index is 96.1. The lowest BCUT2D eigenvalue weighted by Crippen LogP contribution is -2.21. The molecule has 0 aliphatic carbocycles. The van der Waals surface area contributed by atoms with Crippen molar-refractivity contribution in [3.63, 3.8) is 0 Å². The molecular weight excluding hydrogens is 182 g/mol. The van der Waals surface area contributed by atoms with Crippen molar-refractivity contribution in [2.75, 3.05) is 19.0 Å². The third kappa shape index (κ3) is 10.2. The second-order valence-electron chi connectivity index (χ2n) is 3.82. The molecule has 0 aliphatic heterocycles. The van der Waals surface area contributed by atoms with Crippen LogP contribution < -0.4 is 5.32 Å². The van der Waals surface area contributed by atoms with Gasteiger partial charge in [0, 0.05) is 5.88 Å². The number of hydrogen-bond donors (Lipinski definition) is 1. The van der Waals surface area contributed by atoms with Crippen molar-refractivity contribution in [2.24, 2.45) is 5.92 Å². The Labute approximate surface area is 88.2 Å². The van der Waals surface area contributed by atoms with Gasteiger partial charge in [0.25, 0.3) is 0 Å². The second kappa shape index (κ2) is 10.3. The molecule has 80 valence electrons. The first-order valence-electron chi connectivity index (χ1n) is 5.58. The van der Waals surface area contributed by atoms with Crippen LogP contribution in [0.4, 0.5) is 0 Å². The Morgan fingerprint density at radius 2 is 1.85 bits per heavy atom. The summed E-state index contributed by atoms with van der Waals surface area (Å²) in [6.07, 6.45) is 6.36. The summed E-state index contributed by atoms with van der Waals surface area (Å²) in [7, 11) is 0. The highest BCUT2D eigenvalue weighted by Gasteiger charge is 1.96. The minimum atomic E-state index is 0.820. The lowest BCUT2D eigenvalue weighted by Gasteiger charge is -2.09. The second-order valence-corrected chi connectivity index (χ2v) is 4.20. The molecule has 0 radical (unpaired) electrons. The Morgan fingerprint density at radius 3 is 2.46 bits per heavy atom. The van der Waals surface area contributed by atoms with E-state index in [4.69, 9.17) is 11.6 Å². The van der Waals surface area contributed by atoms with E-state index >= 15 is 0 Å². The van der Waals surface area contributed by atoms with Crippen LogP contribution in [-0.4, -0.2) is 19.0 Å². The van der Waals surface area contributed by atoms with Crippen LogP contribution in [-0.2, 0) is 0 Å². The molecule has 0 aromatic heterocycles. The van der Waals surface area contributed by atoms with Crippen LogP contribution >= 0.6 is 11.6 Å². The van der Waals surface area contributed by atoms with E-state index in [-0.39, 0.29) is 0 Å². The molecule has 0 aromatic carbocycles. The fraction of sp³-hybridized carbons (Fsp3) is 1.00. The van der Waals surface area contributed by atoms with Gasteiger partial charge >= 0.3 is 0 Å². The van der Waals surface area contributed by atoms with Gasteiger partial charge in [0.05, 0.1) is 0 Å². The molecule has 0 amide bonds. The predicted octanol–water partition coefficient (Wildman–Crippen LogP) is 3.42. The average molecular weight is 206 g/mol. The molecular formula is C11H24ClN. The van der Waals surface area contributed by atoms with E-state index in [1.54, 1.807) is 0 Å². The van der Waals surface area contributed by atoms with Gasteiger partial charge in [-0.2, -0.15) is 0 Å². The smallest absolute Gasteiger partial charge is 0.0223 e. The van der Waals surface area contributed by atoms with E-state index in [2.05, 4.69) is 19.2 Å². The molecule has 0 spiro atoms. The first kappa shape index (κ1) is 13.2. The van der Waals surface area contributed by atoms with Crippen LogP contribution in [0.3, 0.4) is 0 Å². The van der Waals surface area contributed by atoms with Crippen LogP contribution in [0.15, 0.2) is 0 Å². The molecule has 0 aliphatic rings. The van der Waals surface area contributed by atoms with Gasteiger partial charge in [-0.15, -0.1) is 11.6 Å². The summed E-state index contributed by atoms with van der Waals surface area (Å²) in [5, 5.41) is 3.48. The molecule has 1 unspecified atom stereocenters. The number of alkyl halides is 1. The maximum atomic E-state index is 5.59. The van der Waals surface area contributed by atoms with Crippen LogP contribution in [0.2, 0.25) is 0 Å². The van der Waals surface area contributed by atoms with Gasteiger partial charge < -0.3 is 5.32 Å². The summed E-state index contributed by atoms with van der Waals surface area (Å²) in [4.78, 5) is 0. The molecule has 0 bridgehead atoms. The zero-order chi connectivity index (χ0) is 9.94. The van der Waals surface area contributed by atoms with Gasteiger partial charge in [0.2, 0.25) is 0 Å². The standard InChI is InChI=1S/C11H24ClN/c1-3-11(2)10-13-9-7-5-4-6-8-12/h11,13H,3-10H2,1-2H3. The summed E-state index contributed by atoms with van der Waals surface area (Å²) in [6, 6.07) is 0. The van der Waals surface area contributed by atoms with Crippen LogP contribution in [0.1, 0.15) is 46.0 Å². The highest BCUT2D eigenvalue weighted by molar-refractivity contribution is 6.17. The summed E-state index contributed by atoms with van der Waals surface area (Å²) < 4.78 is 0. The Balaban J connectivity index is 2.91. The Kier molecular flexibility index (Phi) is 10.5. The minimum absolute atomic E-state index is 0.820. The summed E-state index contributed by atoms with van der Waals surface area (Å²) in [6.45, 7) is 6.88. The maximum absolute atomic E-state index is 5.59. The molecule has 0 fully saturated rings. The Hall–Kier alpha value is 0.250.